The van der Waals surface area contributed by atoms with Crippen molar-refractivity contribution in [2.45, 2.75) is 4.90 Å². The Kier molecular flexibility index (Phi) is 5.70. The fraction of sp³-hybridized carbons (Fsp3) is 0.118. The molecule has 7 heteroatoms. The minimum atomic E-state index is -3.27. The van der Waals surface area contributed by atoms with Crippen LogP contribution in [0, 0.1) is 0 Å². The normalized spacial score (nSPS) is 11.7. The maximum Gasteiger partial charge on any atom is 0.250 e. The summed E-state index contributed by atoms with van der Waals surface area (Å²) in [6, 6.07) is 11.1. The summed E-state index contributed by atoms with van der Waals surface area (Å²) in [5.74, 6) is -0.279. The van der Waals surface area contributed by atoms with Gasteiger partial charge >= 0.3 is 0 Å². The number of halogens is 2. The first-order valence-electron chi connectivity index (χ1n) is 6.89. The van der Waals surface area contributed by atoms with Crippen molar-refractivity contribution < 1.29 is 13.2 Å². The van der Waals surface area contributed by atoms with E-state index in [0.717, 1.165) is 6.26 Å². The lowest BCUT2D eigenvalue weighted by atomic mass is 10.2. The van der Waals surface area contributed by atoms with E-state index in [1.807, 2.05) is 0 Å². The zero-order valence-electron chi connectivity index (χ0n) is 13.0. The smallest absolute Gasteiger partial charge is 0.250 e. The Morgan fingerprint density at radius 1 is 1.08 bits per heavy atom. The maximum absolute atomic E-state index is 12.2. The highest BCUT2D eigenvalue weighted by molar-refractivity contribution is 7.90. The van der Waals surface area contributed by atoms with Crippen LogP contribution in [0.5, 0.6) is 0 Å². The Hall–Kier alpha value is -1.82. The lowest BCUT2D eigenvalue weighted by molar-refractivity contribution is -0.113. The Bertz CT molecular complexity index is 891. The van der Waals surface area contributed by atoms with Crippen molar-refractivity contribution >= 4 is 50.7 Å². The van der Waals surface area contributed by atoms with Crippen molar-refractivity contribution in [1.82, 2.24) is 0 Å². The number of carbonyl (C=O) groups is 1. The number of carbonyl (C=O) groups excluding carboxylic acids is 1. The van der Waals surface area contributed by atoms with E-state index < -0.39 is 9.84 Å². The fourth-order valence-electron chi connectivity index (χ4n) is 1.96. The summed E-state index contributed by atoms with van der Waals surface area (Å²) in [6.45, 7) is 0. The van der Waals surface area contributed by atoms with Gasteiger partial charge in [-0.3, -0.25) is 4.79 Å². The first kappa shape index (κ1) is 18.5. The maximum atomic E-state index is 12.2. The van der Waals surface area contributed by atoms with Gasteiger partial charge in [-0.2, -0.15) is 0 Å². The molecule has 0 N–H and O–H groups in total. The number of nitrogens with zero attached hydrogens (tertiary/aromatic N) is 1. The van der Waals surface area contributed by atoms with Crippen LogP contribution in [0.4, 0.5) is 5.69 Å². The second-order valence-electron chi connectivity index (χ2n) is 5.16. The van der Waals surface area contributed by atoms with Crippen molar-refractivity contribution in [3.63, 3.8) is 0 Å². The second kappa shape index (κ2) is 7.38. The molecule has 0 spiro atoms. The van der Waals surface area contributed by atoms with Gasteiger partial charge in [0, 0.05) is 35.1 Å². The van der Waals surface area contributed by atoms with Crippen LogP contribution in [0.25, 0.3) is 6.08 Å². The summed E-state index contributed by atoms with van der Waals surface area (Å²) in [4.78, 5) is 13.8. The summed E-state index contributed by atoms with van der Waals surface area (Å²) in [5, 5.41) is 1.01. The Morgan fingerprint density at radius 2 is 1.71 bits per heavy atom. The highest BCUT2D eigenvalue weighted by Crippen LogP contribution is 2.22. The first-order chi connectivity index (χ1) is 11.2. The predicted molar refractivity (Wildman–Crippen MR) is 98.5 cm³/mol. The van der Waals surface area contributed by atoms with E-state index >= 15 is 0 Å². The average Bonchev–Trinajstić information content (AvgIpc) is 2.54. The van der Waals surface area contributed by atoms with E-state index in [4.69, 9.17) is 23.2 Å². The molecular weight excluding hydrogens is 369 g/mol. The number of sulfone groups is 1. The third kappa shape index (κ3) is 4.60. The molecule has 0 aliphatic heterocycles. The van der Waals surface area contributed by atoms with Crippen molar-refractivity contribution in [2.24, 2.45) is 0 Å². The molecule has 0 aliphatic rings. The van der Waals surface area contributed by atoms with E-state index in [9.17, 15) is 13.2 Å². The van der Waals surface area contributed by atoms with Crippen LogP contribution in [0.15, 0.2) is 53.4 Å². The standard InChI is InChI=1S/C17H15Cl2NO3S/c1-20(14-5-7-15(8-6-14)24(2,22)23)17(21)10-3-12-11-13(18)4-9-16(12)19/h3-11H,1-2H3/b10-3+. The van der Waals surface area contributed by atoms with Crippen molar-refractivity contribution in [1.29, 1.82) is 0 Å². The molecule has 24 heavy (non-hydrogen) atoms. The van der Waals surface area contributed by atoms with Crippen LogP contribution in [-0.4, -0.2) is 27.6 Å². The number of benzene rings is 2. The van der Waals surface area contributed by atoms with Crippen molar-refractivity contribution in [2.75, 3.05) is 18.2 Å². The number of rotatable bonds is 4. The Morgan fingerprint density at radius 3 is 2.29 bits per heavy atom. The summed E-state index contributed by atoms with van der Waals surface area (Å²) in [7, 11) is -1.67. The van der Waals surface area contributed by atoms with Crippen LogP contribution in [0.3, 0.4) is 0 Å². The molecule has 0 aliphatic carbocycles. The molecule has 2 rings (SSSR count). The largest absolute Gasteiger partial charge is 0.312 e. The fourth-order valence-corrected chi connectivity index (χ4v) is 2.95. The average molecular weight is 384 g/mol. The summed E-state index contributed by atoms with van der Waals surface area (Å²) in [5.41, 5.74) is 1.22. The number of hydrogen-bond donors (Lipinski definition) is 0. The zero-order valence-corrected chi connectivity index (χ0v) is 15.4. The predicted octanol–water partition coefficient (Wildman–Crippen LogP) is 4.07. The molecule has 0 aromatic heterocycles. The van der Waals surface area contributed by atoms with Crippen molar-refractivity contribution in [3.05, 3.63) is 64.1 Å². The van der Waals surface area contributed by atoms with E-state index in [1.54, 1.807) is 43.5 Å². The van der Waals surface area contributed by atoms with E-state index in [2.05, 4.69) is 0 Å². The van der Waals surface area contributed by atoms with Gasteiger partial charge in [0.25, 0.3) is 5.91 Å². The first-order valence-corrected chi connectivity index (χ1v) is 9.54. The molecule has 2 aromatic rings. The third-order valence-electron chi connectivity index (χ3n) is 3.35. The third-order valence-corrected chi connectivity index (χ3v) is 5.05. The minimum Gasteiger partial charge on any atom is -0.312 e. The lowest BCUT2D eigenvalue weighted by Gasteiger charge is -2.15. The molecule has 1 amide bonds. The number of hydrogen-bond acceptors (Lipinski definition) is 3. The molecule has 126 valence electrons. The molecule has 0 bridgehead atoms. The van der Waals surface area contributed by atoms with Gasteiger partial charge in [0.2, 0.25) is 0 Å². The molecule has 0 heterocycles. The molecule has 0 fully saturated rings. The Balaban J connectivity index is 2.17. The van der Waals surface area contributed by atoms with Gasteiger partial charge in [0.15, 0.2) is 9.84 Å². The summed E-state index contributed by atoms with van der Waals surface area (Å²) < 4.78 is 22.9. The minimum absolute atomic E-state index is 0.202. The van der Waals surface area contributed by atoms with Gasteiger partial charge in [-0.15, -0.1) is 0 Å². The van der Waals surface area contributed by atoms with E-state index in [-0.39, 0.29) is 10.8 Å². The van der Waals surface area contributed by atoms with Crippen LogP contribution in [-0.2, 0) is 14.6 Å². The topological polar surface area (TPSA) is 54.5 Å². The number of likely N-dealkylation sites (N-methyl/N-ethyl adjacent to an activating group) is 1. The molecule has 2 aromatic carbocycles. The quantitative estimate of drug-likeness (QED) is 0.747. The van der Waals surface area contributed by atoms with E-state index in [0.29, 0.717) is 21.3 Å². The van der Waals surface area contributed by atoms with Gasteiger partial charge in [-0.25, -0.2) is 8.42 Å². The van der Waals surface area contributed by atoms with E-state index in [1.165, 1.54) is 23.1 Å². The Labute approximate surface area is 151 Å². The molecule has 0 unspecified atom stereocenters. The molecular formula is C17H15Cl2NO3S. The van der Waals surface area contributed by atoms with Gasteiger partial charge in [0.05, 0.1) is 4.90 Å². The highest BCUT2D eigenvalue weighted by atomic mass is 35.5. The molecule has 0 saturated heterocycles. The SMILES string of the molecule is CN(C(=O)/C=C/c1cc(Cl)ccc1Cl)c1ccc(S(C)(=O)=O)cc1. The van der Waals surface area contributed by atoms with Crippen LogP contribution < -0.4 is 4.90 Å². The molecule has 0 radical (unpaired) electrons. The van der Waals surface area contributed by atoms with Crippen LogP contribution in [0.1, 0.15) is 5.56 Å². The summed E-state index contributed by atoms with van der Waals surface area (Å²) in [6.07, 6.45) is 4.09. The summed E-state index contributed by atoms with van der Waals surface area (Å²) >= 11 is 11.9. The number of anilines is 1. The molecule has 4 nitrogen and oxygen atoms in total. The van der Waals surface area contributed by atoms with Gasteiger partial charge in [-0.05, 0) is 54.1 Å². The molecule has 0 saturated carbocycles. The van der Waals surface area contributed by atoms with Gasteiger partial charge in [0.1, 0.15) is 0 Å². The van der Waals surface area contributed by atoms with Gasteiger partial charge < -0.3 is 4.90 Å². The van der Waals surface area contributed by atoms with Gasteiger partial charge in [-0.1, -0.05) is 23.2 Å². The number of amides is 1. The molecule has 0 atom stereocenters. The monoisotopic (exact) mass is 383 g/mol. The lowest BCUT2D eigenvalue weighted by Crippen LogP contribution is -2.23. The zero-order chi connectivity index (χ0) is 17.9. The second-order valence-corrected chi connectivity index (χ2v) is 8.02. The van der Waals surface area contributed by atoms with Crippen molar-refractivity contribution in [3.8, 4) is 0 Å². The van der Waals surface area contributed by atoms with Crippen LogP contribution in [0.2, 0.25) is 10.0 Å². The highest BCUT2D eigenvalue weighted by Gasteiger charge is 2.11. The van der Waals surface area contributed by atoms with Crippen LogP contribution >= 0.6 is 23.2 Å².